The average Bonchev–Trinajstić information content (AvgIpc) is 2.36. The van der Waals surface area contributed by atoms with Crippen molar-refractivity contribution in [3.05, 3.63) is 39.6 Å². The number of carbonyl (C=O) groups is 1. The molecule has 0 amide bonds. The van der Waals surface area contributed by atoms with Crippen LogP contribution >= 0.6 is 0 Å². The van der Waals surface area contributed by atoms with E-state index in [1.165, 1.54) is 12.1 Å². The number of rotatable bonds is 1. The zero-order valence-electron chi connectivity index (χ0n) is 11.9. The molecule has 3 N–H and O–H groups in total. The number of fused-ring (bicyclic) bond motifs is 2. The Kier molecular flexibility index (Phi) is 2.73. The van der Waals surface area contributed by atoms with E-state index in [1.807, 2.05) is 13.8 Å². The molecule has 0 saturated heterocycles. The van der Waals surface area contributed by atoms with E-state index < -0.39 is 4.92 Å². The van der Waals surface area contributed by atoms with Crippen molar-refractivity contribution < 1.29 is 14.7 Å². The number of nitrogens with zero attached hydrogens (tertiary/aromatic N) is 1. The van der Waals surface area contributed by atoms with E-state index in [9.17, 15) is 14.9 Å². The normalized spacial score (nSPS) is 16.8. The third-order valence-electron chi connectivity index (χ3n) is 3.93. The molecule has 3 rings (SSSR count). The third-order valence-corrected chi connectivity index (χ3v) is 3.93. The zero-order valence-corrected chi connectivity index (χ0v) is 11.9. The van der Waals surface area contributed by atoms with Gasteiger partial charge in [-0.2, -0.15) is 0 Å². The highest BCUT2D eigenvalue weighted by Gasteiger charge is 2.37. The number of hydrogen-bond acceptors (Lipinski definition) is 4. The Hall–Kier alpha value is -2.50. The lowest BCUT2D eigenvalue weighted by atomic mass is 9.75. The smallest absolute Gasteiger partial charge is 0.270 e. The average molecular weight is 286 g/mol. The molecule has 1 aliphatic carbocycles. The number of nitro groups is 1. The molecule has 21 heavy (non-hydrogen) atoms. The lowest BCUT2D eigenvalue weighted by Crippen LogP contribution is -2.33. The number of H-pyrrole nitrogens is 1. The molecule has 108 valence electrons. The lowest BCUT2D eigenvalue weighted by molar-refractivity contribution is -0.385. The Morgan fingerprint density at radius 1 is 1.33 bits per heavy atom. The Morgan fingerprint density at radius 3 is 2.71 bits per heavy atom. The summed E-state index contributed by atoms with van der Waals surface area (Å²) >= 11 is 0. The number of carbonyl (C=O) groups excluding carboxylic acids is 1. The van der Waals surface area contributed by atoms with Crippen LogP contribution in [0.4, 0.5) is 11.4 Å². The second kappa shape index (κ2) is 4.25. The first-order valence-corrected chi connectivity index (χ1v) is 6.73. The molecule has 1 aromatic carbocycles. The second-order valence-electron chi connectivity index (χ2n) is 6.32. The fourth-order valence-electron chi connectivity index (χ4n) is 3.02. The highest BCUT2D eigenvalue weighted by Crippen LogP contribution is 2.37. The number of hydrogen-bond donors (Lipinski definition) is 1. The molecule has 0 radical (unpaired) electrons. The van der Waals surface area contributed by atoms with Crippen LogP contribution in [0, 0.1) is 15.5 Å². The summed E-state index contributed by atoms with van der Waals surface area (Å²) in [5.74, 6) is -0.0107. The van der Waals surface area contributed by atoms with Gasteiger partial charge in [-0.25, -0.2) is 4.98 Å². The van der Waals surface area contributed by atoms with Gasteiger partial charge >= 0.3 is 0 Å². The highest BCUT2D eigenvalue weighted by molar-refractivity contribution is 6.08. The van der Waals surface area contributed by atoms with Crippen molar-refractivity contribution in [2.24, 2.45) is 5.41 Å². The maximum atomic E-state index is 12.4. The summed E-state index contributed by atoms with van der Waals surface area (Å²) in [5.41, 5.74) is 8.33. The van der Waals surface area contributed by atoms with Gasteiger partial charge in [-0.05, 0) is 5.41 Å². The van der Waals surface area contributed by atoms with Gasteiger partial charge in [-0.15, -0.1) is 0 Å². The van der Waals surface area contributed by atoms with Crippen molar-refractivity contribution in [1.29, 1.82) is 0 Å². The summed E-state index contributed by atoms with van der Waals surface area (Å²) in [6.45, 7) is 4.08. The fourth-order valence-corrected chi connectivity index (χ4v) is 3.02. The maximum absolute atomic E-state index is 12.4. The first-order valence-electron chi connectivity index (χ1n) is 6.73. The van der Waals surface area contributed by atoms with Crippen molar-refractivity contribution in [2.45, 2.75) is 26.7 Å². The summed E-state index contributed by atoms with van der Waals surface area (Å²) in [7, 11) is 0. The van der Waals surface area contributed by atoms with E-state index >= 15 is 0 Å². The molecule has 1 heterocycles. The van der Waals surface area contributed by atoms with Crippen molar-refractivity contribution in [2.75, 3.05) is 5.73 Å². The topological polar surface area (TPSA) is 100 Å². The summed E-state index contributed by atoms with van der Waals surface area (Å²) in [4.78, 5) is 26.0. The van der Waals surface area contributed by atoms with E-state index in [-0.39, 0.29) is 16.9 Å². The SMILES string of the molecule is CC1(C)CC(=O)c2c([nH+]c3ccc([N+](=O)[O-])cc3c2N)C1. The molecule has 0 aliphatic heterocycles. The predicted molar refractivity (Wildman–Crippen MR) is 78.0 cm³/mol. The van der Waals surface area contributed by atoms with Crippen LogP contribution in [0.3, 0.4) is 0 Å². The van der Waals surface area contributed by atoms with E-state index in [1.54, 1.807) is 6.07 Å². The molecule has 1 aromatic heterocycles. The Morgan fingerprint density at radius 2 is 2.05 bits per heavy atom. The fraction of sp³-hybridized carbons (Fsp3) is 0.333. The molecule has 1 aliphatic rings. The minimum absolute atomic E-state index is 0.0107. The molecular formula is C15H16N3O3+. The molecule has 0 spiro atoms. The summed E-state index contributed by atoms with van der Waals surface area (Å²) in [5, 5.41) is 11.4. The van der Waals surface area contributed by atoms with Gasteiger partial charge in [0, 0.05) is 31.0 Å². The monoisotopic (exact) mass is 286 g/mol. The largest absolute Gasteiger partial charge is 0.397 e. The molecule has 6 nitrogen and oxygen atoms in total. The van der Waals surface area contributed by atoms with E-state index in [4.69, 9.17) is 5.73 Å². The van der Waals surface area contributed by atoms with Crippen LogP contribution in [0.25, 0.3) is 10.9 Å². The molecule has 0 atom stereocenters. The number of nitrogens with two attached hydrogens (primary N) is 1. The number of nitrogens with one attached hydrogen (secondary N) is 1. The Balaban J connectivity index is 2.30. The van der Waals surface area contributed by atoms with Gasteiger partial charge in [-0.3, -0.25) is 14.9 Å². The number of nitrogen functional groups attached to an aromatic ring is 1. The zero-order chi connectivity index (χ0) is 15.4. The number of anilines is 1. The van der Waals surface area contributed by atoms with Crippen molar-refractivity contribution >= 4 is 28.1 Å². The van der Waals surface area contributed by atoms with Crippen LogP contribution in [0.5, 0.6) is 0 Å². The van der Waals surface area contributed by atoms with Gasteiger partial charge in [0.1, 0.15) is 5.56 Å². The number of non-ortho nitro benzene ring substituents is 1. The molecule has 0 unspecified atom stereocenters. The van der Waals surface area contributed by atoms with Crippen LogP contribution in [0.15, 0.2) is 18.2 Å². The van der Waals surface area contributed by atoms with Crippen LogP contribution in [0.1, 0.15) is 36.3 Å². The molecule has 0 saturated carbocycles. The standard InChI is InChI=1S/C15H15N3O3/c1-15(2)6-11-13(12(19)7-15)14(16)9-5-8(18(20)21)3-4-10(9)17-11/h3-5H,6-7H2,1-2H3,(H2,16,17)/p+1. The molecule has 0 fully saturated rings. The van der Waals surface area contributed by atoms with E-state index in [0.717, 1.165) is 12.1 Å². The number of pyridine rings is 1. The van der Waals surface area contributed by atoms with Gasteiger partial charge in [0.25, 0.3) is 5.69 Å². The number of aromatic nitrogens is 1. The van der Waals surface area contributed by atoms with Crippen molar-refractivity contribution in [3.63, 3.8) is 0 Å². The number of benzene rings is 1. The Labute approximate surface area is 121 Å². The van der Waals surface area contributed by atoms with Crippen LogP contribution in [-0.4, -0.2) is 10.7 Å². The third kappa shape index (κ3) is 2.12. The second-order valence-corrected chi connectivity index (χ2v) is 6.32. The van der Waals surface area contributed by atoms with Gasteiger partial charge < -0.3 is 5.73 Å². The lowest BCUT2D eigenvalue weighted by Gasteiger charge is -2.27. The van der Waals surface area contributed by atoms with Gasteiger partial charge in [0.05, 0.1) is 16.0 Å². The quantitative estimate of drug-likeness (QED) is 0.642. The van der Waals surface area contributed by atoms with E-state index in [2.05, 4.69) is 4.98 Å². The Bertz CT molecular complexity index is 796. The highest BCUT2D eigenvalue weighted by atomic mass is 16.6. The molecule has 0 bridgehead atoms. The summed E-state index contributed by atoms with van der Waals surface area (Å²) < 4.78 is 0. The van der Waals surface area contributed by atoms with Gasteiger partial charge in [0.15, 0.2) is 11.5 Å². The molecular weight excluding hydrogens is 270 g/mol. The first kappa shape index (κ1) is 13.5. The molecule has 6 heteroatoms. The van der Waals surface area contributed by atoms with Crippen LogP contribution in [0.2, 0.25) is 0 Å². The van der Waals surface area contributed by atoms with Crippen LogP contribution in [-0.2, 0) is 6.42 Å². The van der Waals surface area contributed by atoms with Crippen LogP contribution < -0.4 is 10.7 Å². The first-order chi connectivity index (χ1) is 9.78. The number of aromatic amines is 1. The molecule has 2 aromatic rings. The van der Waals surface area contributed by atoms with Crippen molar-refractivity contribution in [1.82, 2.24) is 0 Å². The number of Topliss-reactive ketones (excluding diaryl/α,β-unsaturated/α-hetero) is 1. The summed E-state index contributed by atoms with van der Waals surface area (Å²) in [6.07, 6.45) is 1.16. The number of ketones is 1. The summed E-state index contributed by atoms with van der Waals surface area (Å²) in [6, 6.07) is 4.48. The maximum Gasteiger partial charge on any atom is 0.270 e. The van der Waals surface area contributed by atoms with Gasteiger partial charge in [-0.1, -0.05) is 13.8 Å². The van der Waals surface area contributed by atoms with E-state index in [0.29, 0.717) is 28.6 Å². The predicted octanol–water partition coefficient (Wildman–Crippen LogP) is 2.30. The minimum atomic E-state index is -0.469. The van der Waals surface area contributed by atoms with Gasteiger partial charge in [0.2, 0.25) is 5.52 Å². The number of nitro benzene ring substituents is 1. The minimum Gasteiger partial charge on any atom is -0.397 e. The van der Waals surface area contributed by atoms with Crippen molar-refractivity contribution in [3.8, 4) is 0 Å².